The standard InChI is InChI=1S/C17H15BrN4O3/c1-9(17(24)25)13(10-2-4-11(18)5-3-10)22-16(23)14-12-6-7-19-15(12)21-8-20-14/h2-9,13H,1H3,(H,22,23)(H,24,25)(H,19,20,21)/t9-,13+/m1/s1. The molecule has 7 nitrogen and oxygen atoms in total. The molecule has 8 heteroatoms. The second kappa shape index (κ2) is 7.02. The summed E-state index contributed by atoms with van der Waals surface area (Å²) in [5.41, 5.74) is 1.45. The van der Waals surface area contributed by atoms with E-state index in [0.717, 1.165) is 4.47 Å². The second-order valence-corrected chi connectivity index (χ2v) is 6.51. The molecule has 0 saturated heterocycles. The number of benzene rings is 1. The van der Waals surface area contributed by atoms with Gasteiger partial charge in [-0.2, -0.15) is 0 Å². The van der Waals surface area contributed by atoms with Crippen molar-refractivity contribution in [3.8, 4) is 0 Å². The predicted octanol–water partition coefficient (Wildman–Crippen LogP) is 2.91. The fourth-order valence-corrected chi connectivity index (χ4v) is 2.84. The molecule has 1 aromatic carbocycles. The lowest BCUT2D eigenvalue weighted by atomic mass is 9.94. The number of carboxylic acid groups (broad SMARTS) is 1. The molecule has 128 valence electrons. The van der Waals surface area contributed by atoms with E-state index in [2.05, 4.69) is 36.2 Å². The van der Waals surface area contributed by atoms with Gasteiger partial charge in [-0.15, -0.1) is 0 Å². The van der Waals surface area contributed by atoms with Crippen LogP contribution in [0, 0.1) is 5.92 Å². The van der Waals surface area contributed by atoms with Crippen LogP contribution in [-0.4, -0.2) is 31.9 Å². The summed E-state index contributed by atoms with van der Waals surface area (Å²) >= 11 is 3.35. The van der Waals surface area contributed by atoms with Gasteiger partial charge in [0, 0.05) is 10.7 Å². The van der Waals surface area contributed by atoms with Crippen LogP contribution in [0.2, 0.25) is 0 Å². The maximum absolute atomic E-state index is 12.7. The summed E-state index contributed by atoms with van der Waals surface area (Å²) < 4.78 is 0.870. The van der Waals surface area contributed by atoms with E-state index in [9.17, 15) is 14.7 Å². The minimum absolute atomic E-state index is 0.200. The first-order chi connectivity index (χ1) is 12.0. The van der Waals surface area contributed by atoms with Gasteiger partial charge in [0.05, 0.1) is 17.3 Å². The topological polar surface area (TPSA) is 108 Å². The number of carbonyl (C=O) groups excluding carboxylic acids is 1. The highest BCUT2D eigenvalue weighted by atomic mass is 79.9. The zero-order valence-corrected chi connectivity index (χ0v) is 14.8. The van der Waals surface area contributed by atoms with Gasteiger partial charge < -0.3 is 15.4 Å². The molecule has 0 saturated carbocycles. The van der Waals surface area contributed by atoms with Crippen molar-refractivity contribution in [3.05, 3.63) is 58.6 Å². The first-order valence-corrected chi connectivity index (χ1v) is 8.34. The monoisotopic (exact) mass is 402 g/mol. The summed E-state index contributed by atoms with van der Waals surface area (Å²) in [5, 5.41) is 12.8. The van der Waals surface area contributed by atoms with Crippen LogP contribution in [0.1, 0.15) is 29.0 Å². The minimum atomic E-state index is -0.998. The number of amides is 1. The number of hydrogen-bond donors (Lipinski definition) is 3. The van der Waals surface area contributed by atoms with Crippen LogP contribution in [0.3, 0.4) is 0 Å². The van der Waals surface area contributed by atoms with Crippen molar-refractivity contribution in [1.29, 1.82) is 0 Å². The molecule has 3 N–H and O–H groups in total. The van der Waals surface area contributed by atoms with E-state index in [1.165, 1.54) is 6.33 Å². The van der Waals surface area contributed by atoms with Gasteiger partial charge in [0.25, 0.3) is 5.91 Å². The molecule has 0 aliphatic carbocycles. The highest BCUT2D eigenvalue weighted by molar-refractivity contribution is 9.10. The number of aromatic nitrogens is 3. The molecule has 3 aromatic rings. The van der Waals surface area contributed by atoms with Gasteiger partial charge in [0.15, 0.2) is 0 Å². The number of H-pyrrole nitrogens is 1. The van der Waals surface area contributed by atoms with Gasteiger partial charge in [0.2, 0.25) is 0 Å². The Labute approximate surface area is 151 Å². The molecule has 0 aliphatic rings. The van der Waals surface area contributed by atoms with E-state index in [4.69, 9.17) is 0 Å². The Hall–Kier alpha value is -2.74. The number of nitrogens with zero attached hydrogens (tertiary/aromatic N) is 2. The highest BCUT2D eigenvalue weighted by Crippen LogP contribution is 2.25. The van der Waals surface area contributed by atoms with Gasteiger partial charge >= 0.3 is 5.97 Å². The Kier molecular flexibility index (Phi) is 4.80. The average molecular weight is 403 g/mol. The number of halogens is 1. The number of aliphatic carboxylic acids is 1. The van der Waals surface area contributed by atoms with Gasteiger partial charge in [-0.05, 0) is 30.7 Å². The third kappa shape index (κ3) is 3.53. The Bertz CT molecular complexity index is 923. The third-order valence-corrected chi connectivity index (χ3v) is 4.50. The van der Waals surface area contributed by atoms with Crippen LogP contribution < -0.4 is 5.32 Å². The highest BCUT2D eigenvalue weighted by Gasteiger charge is 2.28. The fraction of sp³-hybridized carbons (Fsp3) is 0.176. The van der Waals surface area contributed by atoms with E-state index in [0.29, 0.717) is 16.6 Å². The lowest BCUT2D eigenvalue weighted by Gasteiger charge is -2.23. The number of carboxylic acids is 1. The quantitative estimate of drug-likeness (QED) is 0.607. The molecule has 0 aliphatic heterocycles. The first kappa shape index (κ1) is 17.1. The van der Waals surface area contributed by atoms with Crippen molar-refractivity contribution >= 4 is 38.8 Å². The molecule has 0 fully saturated rings. The smallest absolute Gasteiger partial charge is 0.308 e. The predicted molar refractivity (Wildman–Crippen MR) is 95.0 cm³/mol. The van der Waals surface area contributed by atoms with Crippen LogP contribution in [0.25, 0.3) is 11.0 Å². The maximum atomic E-state index is 12.7. The fourth-order valence-electron chi connectivity index (χ4n) is 2.57. The molecule has 25 heavy (non-hydrogen) atoms. The summed E-state index contributed by atoms with van der Waals surface area (Å²) in [6.45, 7) is 1.56. The molecule has 2 atom stereocenters. The average Bonchev–Trinajstić information content (AvgIpc) is 3.08. The second-order valence-electron chi connectivity index (χ2n) is 5.59. The Morgan fingerprint density at radius 2 is 1.92 bits per heavy atom. The first-order valence-electron chi connectivity index (χ1n) is 7.54. The van der Waals surface area contributed by atoms with Crippen molar-refractivity contribution in [2.24, 2.45) is 5.92 Å². The molecular weight excluding hydrogens is 388 g/mol. The summed E-state index contributed by atoms with van der Waals surface area (Å²) in [7, 11) is 0. The van der Waals surface area contributed by atoms with E-state index >= 15 is 0 Å². The molecule has 0 spiro atoms. The number of aromatic amines is 1. The Balaban J connectivity index is 1.94. The minimum Gasteiger partial charge on any atom is -0.481 e. The van der Waals surface area contributed by atoms with Crippen molar-refractivity contribution in [3.63, 3.8) is 0 Å². The van der Waals surface area contributed by atoms with E-state index in [1.807, 2.05) is 0 Å². The van der Waals surface area contributed by atoms with Crippen molar-refractivity contribution < 1.29 is 14.7 Å². The van der Waals surface area contributed by atoms with Gasteiger partial charge in [0.1, 0.15) is 17.7 Å². The van der Waals surface area contributed by atoms with Crippen LogP contribution in [-0.2, 0) is 4.79 Å². The molecule has 0 bridgehead atoms. The zero-order chi connectivity index (χ0) is 18.0. The largest absolute Gasteiger partial charge is 0.481 e. The van der Waals surface area contributed by atoms with E-state index in [1.54, 1.807) is 43.5 Å². The summed E-state index contributed by atoms with van der Waals surface area (Å²) in [5.74, 6) is -2.26. The van der Waals surface area contributed by atoms with E-state index in [-0.39, 0.29) is 5.69 Å². The summed E-state index contributed by atoms with van der Waals surface area (Å²) in [6, 6.07) is 8.18. The number of nitrogens with one attached hydrogen (secondary N) is 2. The molecule has 2 aromatic heterocycles. The maximum Gasteiger partial charge on any atom is 0.308 e. The molecule has 1 amide bonds. The van der Waals surface area contributed by atoms with Crippen molar-refractivity contribution in [2.45, 2.75) is 13.0 Å². The third-order valence-electron chi connectivity index (χ3n) is 3.97. The van der Waals surface area contributed by atoms with Gasteiger partial charge in [-0.25, -0.2) is 9.97 Å². The van der Waals surface area contributed by atoms with Gasteiger partial charge in [-0.3, -0.25) is 9.59 Å². The van der Waals surface area contributed by atoms with Crippen LogP contribution >= 0.6 is 15.9 Å². The van der Waals surface area contributed by atoms with Crippen LogP contribution in [0.4, 0.5) is 0 Å². The molecular formula is C17H15BrN4O3. The van der Waals surface area contributed by atoms with Gasteiger partial charge in [-0.1, -0.05) is 28.1 Å². The molecule has 3 rings (SSSR count). The molecule has 0 unspecified atom stereocenters. The lowest BCUT2D eigenvalue weighted by molar-refractivity contribution is -0.142. The SMILES string of the molecule is C[C@@H](C(=O)O)[C@H](NC(=O)c1ncnc2[nH]ccc12)c1ccc(Br)cc1. The Morgan fingerprint density at radius 1 is 1.20 bits per heavy atom. The molecule has 2 heterocycles. The Morgan fingerprint density at radius 3 is 2.60 bits per heavy atom. The summed E-state index contributed by atoms with van der Waals surface area (Å²) in [4.78, 5) is 35.2. The summed E-state index contributed by atoms with van der Waals surface area (Å²) in [6.07, 6.45) is 2.96. The molecule has 0 radical (unpaired) electrons. The normalized spacial score (nSPS) is 13.4. The van der Waals surface area contributed by atoms with Crippen molar-refractivity contribution in [2.75, 3.05) is 0 Å². The number of hydrogen-bond acceptors (Lipinski definition) is 4. The van der Waals surface area contributed by atoms with Crippen LogP contribution in [0.5, 0.6) is 0 Å². The lowest BCUT2D eigenvalue weighted by Crippen LogP contribution is -2.36. The van der Waals surface area contributed by atoms with Crippen molar-refractivity contribution in [1.82, 2.24) is 20.3 Å². The number of fused-ring (bicyclic) bond motifs is 1. The van der Waals surface area contributed by atoms with Crippen LogP contribution in [0.15, 0.2) is 47.3 Å². The number of carbonyl (C=O) groups is 2. The van der Waals surface area contributed by atoms with E-state index < -0.39 is 23.8 Å². The number of rotatable bonds is 5. The zero-order valence-electron chi connectivity index (χ0n) is 13.2.